The average Bonchev–Trinajstić information content (AvgIpc) is 1.82. The molecule has 0 rings (SSSR count). The summed E-state index contributed by atoms with van der Waals surface area (Å²) in [5.74, 6) is -1.91. The number of allylic oxidation sites excluding steroid dienone is 1. The lowest BCUT2D eigenvalue weighted by atomic mass is 10.5. The number of carbonyl (C=O) groups is 1. The van der Waals surface area contributed by atoms with Gasteiger partial charge in [-0.2, -0.15) is 13.2 Å². The predicted octanol–water partition coefficient (Wildman–Crippen LogP) is 2.32. The highest BCUT2D eigenvalue weighted by molar-refractivity contribution is 6.47. The molecule has 0 unspecified atom stereocenters. The lowest BCUT2D eigenvalue weighted by Gasteiger charge is -2.03. The lowest BCUT2D eigenvalue weighted by molar-refractivity contribution is -0.132. The zero-order chi connectivity index (χ0) is 9.23. The van der Waals surface area contributed by atoms with Crippen LogP contribution in [0.3, 0.4) is 0 Å². The van der Waals surface area contributed by atoms with Gasteiger partial charge in [-0.1, -0.05) is 23.2 Å². The predicted molar refractivity (Wildman–Crippen MR) is 32.4 cm³/mol. The molecule has 0 saturated heterocycles. The summed E-state index contributed by atoms with van der Waals surface area (Å²) in [4.78, 5) is 9.81. The highest BCUT2D eigenvalue weighted by Gasteiger charge is 2.36. The van der Waals surface area contributed by atoms with E-state index in [1.807, 2.05) is 0 Å². The molecular weight excluding hydrogens is 208 g/mol. The van der Waals surface area contributed by atoms with Crippen molar-refractivity contribution in [3.8, 4) is 0 Å². The molecule has 0 aliphatic carbocycles. The molecule has 0 radical (unpaired) electrons. The van der Waals surface area contributed by atoms with E-state index in [1.165, 1.54) is 0 Å². The molecule has 0 aliphatic rings. The van der Waals surface area contributed by atoms with Crippen molar-refractivity contribution in [2.24, 2.45) is 0 Å². The van der Waals surface area contributed by atoms with Crippen LogP contribution in [-0.4, -0.2) is 17.3 Å². The van der Waals surface area contributed by atoms with Crippen LogP contribution in [-0.2, 0) is 4.79 Å². The van der Waals surface area contributed by atoms with Gasteiger partial charge in [0.2, 0.25) is 0 Å². The minimum absolute atomic E-state index is 1.43. The summed E-state index contributed by atoms with van der Waals surface area (Å²) < 4.78 is 34.6. The molecule has 0 heterocycles. The number of hydrogen-bond donors (Lipinski definition) is 1. The number of carboxylic acid groups (broad SMARTS) is 1. The molecule has 0 atom stereocenters. The molecule has 0 bridgehead atoms. The third-order valence-electron chi connectivity index (χ3n) is 0.629. The Kier molecular flexibility index (Phi) is 3.19. The van der Waals surface area contributed by atoms with Gasteiger partial charge in [-0.3, -0.25) is 0 Å². The summed E-state index contributed by atoms with van der Waals surface area (Å²) in [5, 5.41) is 4.68. The summed E-state index contributed by atoms with van der Waals surface area (Å²) in [6, 6.07) is 0. The molecule has 64 valence electrons. The van der Waals surface area contributed by atoms with Gasteiger partial charge in [0.15, 0.2) is 0 Å². The van der Waals surface area contributed by atoms with Gasteiger partial charge in [0, 0.05) is 0 Å². The molecule has 0 saturated carbocycles. The van der Waals surface area contributed by atoms with E-state index in [1.54, 1.807) is 0 Å². The summed E-state index contributed by atoms with van der Waals surface area (Å²) in [6.07, 6.45) is -4.91. The Labute approximate surface area is 69.2 Å². The Morgan fingerprint density at radius 1 is 1.27 bits per heavy atom. The van der Waals surface area contributed by atoms with Crippen LogP contribution in [0, 0.1) is 0 Å². The third-order valence-corrected chi connectivity index (χ3v) is 1.48. The molecular formula is C4HCl2F3O2. The largest absolute Gasteiger partial charge is 0.477 e. The lowest BCUT2D eigenvalue weighted by Crippen LogP contribution is -2.11. The molecule has 0 aliphatic heterocycles. The number of rotatable bonds is 1. The zero-order valence-electron chi connectivity index (χ0n) is 4.75. The first-order valence-electron chi connectivity index (χ1n) is 2.12. The maximum atomic E-state index is 11.5. The second kappa shape index (κ2) is 3.32. The Bertz CT molecular complexity index is 208. The van der Waals surface area contributed by atoms with Crippen molar-refractivity contribution in [3.05, 3.63) is 10.1 Å². The van der Waals surface area contributed by atoms with Crippen molar-refractivity contribution in [2.45, 2.75) is 6.18 Å². The van der Waals surface area contributed by atoms with Crippen LogP contribution >= 0.6 is 23.2 Å². The van der Waals surface area contributed by atoms with Crippen LogP contribution in [0.5, 0.6) is 0 Å². The van der Waals surface area contributed by atoms with Gasteiger partial charge in [-0.05, 0) is 0 Å². The second-order valence-corrected chi connectivity index (χ2v) is 2.19. The number of carboxylic acids is 1. The van der Waals surface area contributed by atoms with Crippen LogP contribution in [0.25, 0.3) is 0 Å². The van der Waals surface area contributed by atoms with Crippen LogP contribution in [0.1, 0.15) is 0 Å². The van der Waals surface area contributed by atoms with Crippen LogP contribution < -0.4 is 0 Å². The van der Waals surface area contributed by atoms with Crippen LogP contribution in [0.4, 0.5) is 13.2 Å². The van der Waals surface area contributed by atoms with E-state index in [0.717, 1.165) is 0 Å². The number of alkyl halides is 3. The van der Waals surface area contributed by atoms with E-state index < -0.39 is 22.2 Å². The smallest absolute Gasteiger partial charge is 0.428 e. The molecule has 0 aromatic heterocycles. The molecule has 1 N–H and O–H groups in total. The number of hydrogen-bond acceptors (Lipinski definition) is 1. The fourth-order valence-corrected chi connectivity index (χ4v) is 0.406. The van der Waals surface area contributed by atoms with Gasteiger partial charge < -0.3 is 5.11 Å². The Morgan fingerprint density at radius 2 is 1.64 bits per heavy atom. The molecule has 0 amide bonds. The molecule has 0 aromatic rings. The molecule has 0 spiro atoms. The van der Waals surface area contributed by atoms with Crippen LogP contribution in [0.15, 0.2) is 10.1 Å². The molecule has 2 nitrogen and oxygen atoms in total. The van der Waals surface area contributed by atoms with Gasteiger partial charge in [-0.15, -0.1) is 0 Å². The SMILES string of the molecule is O=C(O)C(Cl)=C(Cl)C(F)(F)F. The van der Waals surface area contributed by atoms with Gasteiger partial charge in [0.25, 0.3) is 0 Å². The zero-order valence-corrected chi connectivity index (χ0v) is 6.26. The summed E-state index contributed by atoms with van der Waals surface area (Å²) in [6.45, 7) is 0. The van der Waals surface area contributed by atoms with Crippen molar-refractivity contribution < 1.29 is 23.1 Å². The number of halogens is 5. The Balaban J connectivity index is 4.82. The van der Waals surface area contributed by atoms with E-state index in [9.17, 15) is 18.0 Å². The van der Waals surface area contributed by atoms with Gasteiger partial charge in [0.05, 0.1) is 0 Å². The van der Waals surface area contributed by atoms with Crippen molar-refractivity contribution in [2.75, 3.05) is 0 Å². The fourth-order valence-electron chi connectivity index (χ4n) is 0.218. The average molecular weight is 209 g/mol. The monoisotopic (exact) mass is 208 g/mol. The summed E-state index contributed by atoms with van der Waals surface area (Å²) in [5.41, 5.74) is 0. The van der Waals surface area contributed by atoms with Gasteiger partial charge >= 0.3 is 12.1 Å². The molecule has 0 aromatic carbocycles. The third kappa shape index (κ3) is 2.98. The highest BCUT2D eigenvalue weighted by atomic mass is 35.5. The normalized spacial score (nSPS) is 14.3. The molecule has 11 heavy (non-hydrogen) atoms. The molecule has 7 heteroatoms. The first-order chi connectivity index (χ1) is 4.76. The minimum Gasteiger partial charge on any atom is -0.477 e. The maximum Gasteiger partial charge on any atom is 0.428 e. The van der Waals surface area contributed by atoms with Crippen LogP contribution in [0.2, 0.25) is 0 Å². The fraction of sp³-hybridized carbons (Fsp3) is 0.250. The van der Waals surface area contributed by atoms with E-state index in [4.69, 9.17) is 5.11 Å². The van der Waals surface area contributed by atoms with Crippen molar-refractivity contribution in [1.29, 1.82) is 0 Å². The van der Waals surface area contributed by atoms with Gasteiger partial charge in [-0.25, -0.2) is 4.79 Å². The number of aliphatic carboxylic acids is 1. The van der Waals surface area contributed by atoms with E-state index >= 15 is 0 Å². The Morgan fingerprint density at radius 3 is 1.73 bits per heavy atom. The van der Waals surface area contributed by atoms with Gasteiger partial charge in [0.1, 0.15) is 10.1 Å². The molecule has 0 fully saturated rings. The summed E-state index contributed by atoms with van der Waals surface area (Å²) in [7, 11) is 0. The topological polar surface area (TPSA) is 37.3 Å². The van der Waals surface area contributed by atoms with Crippen molar-refractivity contribution in [1.82, 2.24) is 0 Å². The first-order valence-corrected chi connectivity index (χ1v) is 2.88. The first kappa shape index (κ1) is 10.6. The van der Waals surface area contributed by atoms with Crippen molar-refractivity contribution >= 4 is 29.2 Å². The van der Waals surface area contributed by atoms with Crippen molar-refractivity contribution in [3.63, 3.8) is 0 Å². The Hall–Kier alpha value is -0.420. The van der Waals surface area contributed by atoms with E-state index in [2.05, 4.69) is 23.2 Å². The second-order valence-electron chi connectivity index (χ2n) is 1.43. The van der Waals surface area contributed by atoms with E-state index in [-0.39, 0.29) is 0 Å². The quantitative estimate of drug-likeness (QED) is 0.672. The highest BCUT2D eigenvalue weighted by Crippen LogP contribution is 2.32. The standard InChI is InChI=1S/C4HCl2F3O2/c5-1(3(10)11)2(6)4(7,8)9/h(H,10,11). The van der Waals surface area contributed by atoms with E-state index in [0.29, 0.717) is 0 Å². The maximum absolute atomic E-state index is 11.5. The summed E-state index contributed by atoms with van der Waals surface area (Å²) >= 11 is 9.22. The minimum atomic E-state index is -4.91.